The molecule has 2 amide bonds. The Balaban J connectivity index is 0.000000309. The van der Waals surface area contributed by atoms with E-state index in [1.54, 1.807) is 0 Å². The molecule has 12 nitrogen and oxygen atoms in total. The summed E-state index contributed by atoms with van der Waals surface area (Å²) >= 11 is -0.825. The summed E-state index contributed by atoms with van der Waals surface area (Å²) in [6.45, 7) is -30.9. The van der Waals surface area contributed by atoms with Gasteiger partial charge in [-0.2, -0.15) is 36.3 Å². The highest BCUT2D eigenvalue weighted by Gasteiger charge is 2.34. The van der Waals surface area contributed by atoms with E-state index in [4.69, 9.17) is 41.1 Å². The van der Waals surface area contributed by atoms with Gasteiger partial charge in [0.1, 0.15) is 24.6 Å². The van der Waals surface area contributed by atoms with E-state index in [9.17, 15) is 61.2 Å². The number of halogens is 8. The van der Waals surface area contributed by atoms with Gasteiger partial charge in [-0.05, 0) is 163 Å². The number of fused-ring (bicyclic) bond motifs is 2. The van der Waals surface area contributed by atoms with Crippen molar-refractivity contribution in [2.45, 2.75) is 134 Å². The molecule has 2 aliphatic carbocycles. The number of likely N-dealkylation sites (N-methyl/N-ethyl adjacent to an activating group) is 2. The van der Waals surface area contributed by atoms with Crippen LogP contribution in [0.25, 0.3) is 22.3 Å². The third-order valence-corrected chi connectivity index (χ3v) is 14.8. The number of hydrogen-bond acceptors (Lipinski definition) is 10. The quantitative estimate of drug-likeness (QED) is 0.0295. The van der Waals surface area contributed by atoms with E-state index in [0.29, 0.717) is 6.92 Å². The topological polar surface area (TPSA) is 117 Å². The average molecular weight is 1400 g/mol. The molecule has 0 saturated heterocycles. The molecule has 0 fully saturated rings. The number of amides is 2. The third-order valence-electron chi connectivity index (χ3n) is 13.3. The lowest BCUT2D eigenvalue weighted by Gasteiger charge is -2.28. The summed E-state index contributed by atoms with van der Waals surface area (Å²) < 4.78 is 480. The normalized spacial score (nSPS) is 23.4. The highest BCUT2D eigenvalue weighted by molar-refractivity contribution is 7.98. The smallest absolute Gasteiger partial charge is 0.336 e. The fraction of sp³-hybridized carbons (Fsp3) is 0.378. The molecular formula is C74H80F8N8O4S2. The van der Waals surface area contributed by atoms with Gasteiger partial charge in [0.25, 0.3) is 11.1 Å². The Kier molecular flexibility index (Phi) is 12.0. The maximum atomic E-state index is 15.3. The fourth-order valence-corrected chi connectivity index (χ4v) is 9.91. The molecule has 1 unspecified atom stereocenters. The number of rotatable bonds is 26. The van der Waals surface area contributed by atoms with Gasteiger partial charge in [0.05, 0.1) is 48.1 Å². The maximum absolute atomic E-state index is 15.3. The summed E-state index contributed by atoms with van der Waals surface area (Å²) in [5.74, 6) is -11.5. The molecule has 0 N–H and O–H groups in total. The molecule has 2 aliphatic rings. The second-order valence-electron chi connectivity index (χ2n) is 19.7. The summed E-state index contributed by atoms with van der Waals surface area (Å²) in [6.07, 6.45) is -17.5. The Labute approximate surface area is 622 Å². The van der Waals surface area contributed by atoms with Crippen LogP contribution in [-0.4, -0.2) is 103 Å². The minimum absolute atomic E-state index is 0.00808. The van der Waals surface area contributed by atoms with E-state index in [1.165, 1.54) is 13.8 Å². The summed E-state index contributed by atoms with van der Waals surface area (Å²) in [7, 11) is 0. The molecule has 508 valence electrons. The fourth-order valence-electron chi connectivity index (χ4n) is 8.59. The van der Waals surface area contributed by atoms with E-state index in [-0.39, 0.29) is 74.8 Å². The highest BCUT2D eigenvalue weighted by Crippen LogP contribution is 2.36. The van der Waals surface area contributed by atoms with Gasteiger partial charge >= 0.3 is 12.4 Å². The Hall–Kier alpha value is -7.92. The molecule has 8 aromatic rings. The lowest BCUT2D eigenvalue weighted by molar-refractivity contribution is -0.138. The number of carbonyl (C=O) groups excluding carboxylic acids is 2. The van der Waals surface area contributed by atoms with Crippen molar-refractivity contribution in [2.24, 2.45) is 5.89 Å². The first-order valence-electron chi connectivity index (χ1n) is 49.3. The van der Waals surface area contributed by atoms with Crippen LogP contribution < -0.4 is 11.1 Å². The Morgan fingerprint density at radius 1 is 0.583 bits per heavy atom. The molecule has 2 heterocycles. The van der Waals surface area contributed by atoms with Crippen molar-refractivity contribution in [2.75, 3.05) is 52.1 Å². The maximum Gasteiger partial charge on any atom is 0.416 e. The van der Waals surface area contributed by atoms with E-state index in [1.807, 2.05) is 0 Å². The Bertz CT molecular complexity index is 6240. The average Bonchev–Trinajstić information content (AvgIpc) is 1.50. The first-order valence-corrected chi connectivity index (χ1v) is 29.9. The van der Waals surface area contributed by atoms with E-state index in [2.05, 4.69) is 9.97 Å². The highest BCUT2D eigenvalue weighted by atomic mass is 32.2. The largest absolute Gasteiger partial charge is 0.416 e. The summed E-state index contributed by atoms with van der Waals surface area (Å²) in [5.41, 5.74) is -23.9. The van der Waals surface area contributed by atoms with Crippen LogP contribution in [0.15, 0.2) is 159 Å². The minimum atomic E-state index is -5.30. The molecule has 1 atom stereocenters. The number of thioether (sulfide) groups is 2. The van der Waals surface area contributed by atoms with Crippen LogP contribution in [0.1, 0.15) is 160 Å². The van der Waals surface area contributed by atoms with Crippen LogP contribution in [0, 0.1) is 24.5 Å². The van der Waals surface area contributed by atoms with Gasteiger partial charge in [0.15, 0.2) is 10.3 Å². The van der Waals surface area contributed by atoms with Crippen LogP contribution >= 0.6 is 23.5 Å². The standard InChI is InChI=1S/2C37H40F4N4O2S/c1-4-43(5-2)18-19-44(22-26-6-10-28(11-7-26)29-12-14-30(15-13-29)37(39,40)41)34(46)23-45-33-21-25(3)20-32(33)35(47)42-36(45)48-24-27-8-16-31(38)17-9-27;1-4-43(5-2)19-20-44(22-26-9-13-28(14-10-26)29-15-18-32(25(3)21-29)37(39,40)41)34(46)23-45-33-8-6-7-31(33)35(47)42-36(45)48-24-27-11-16-30(38)17-12-27/h6-17,25H,4-5,18-24H2,1-3H3;9-18,21H,4-8,19-20,22-24H2,1-3H3/i8D,9D,16D,17D,18D2,19D2,20D2,21D2,22D2,23D2,24D2,25D;4D2,9D,10D,11D,12D,13D,14D,15D,16D,17D,18D,19D2,20D2,21D,22D2,23D2,24D2. The summed E-state index contributed by atoms with van der Waals surface area (Å²) in [4.78, 5) is 64.7. The molecule has 0 spiro atoms. The molecule has 0 bridgehead atoms. The van der Waals surface area contributed by atoms with Gasteiger partial charge in [-0.3, -0.25) is 19.2 Å². The number of benzene rings is 6. The zero-order chi connectivity index (χ0) is 106. The van der Waals surface area contributed by atoms with Crippen LogP contribution in [0.2, 0.25) is 0 Å². The molecule has 6 aromatic carbocycles. The molecule has 0 saturated carbocycles. The number of carbonyl (C=O) groups is 2. The van der Waals surface area contributed by atoms with E-state index >= 15 is 9.59 Å². The van der Waals surface area contributed by atoms with E-state index < -0.39 is 332 Å². The minimum Gasteiger partial charge on any atom is -0.336 e. The van der Waals surface area contributed by atoms with Gasteiger partial charge in [-0.25, -0.2) is 8.78 Å². The van der Waals surface area contributed by atoms with Crippen molar-refractivity contribution in [3.05, 3.63) is 233 Å². The van der Waals surface area contributed by atoms with Crippen molar-refractivity contribution < 1.29 is 102 Å². The van der Waals surface area contributed by atoms with Gasteiger partial charge in [-0.15, -0.1) is 0 Å². The van der Waals surface area contributed by atoms with Gasteiger partial charge < -0.3 is 28.7 Å². The molecule has 96 heavy (non-hydrogen) atoms. The van der Waals surface area contributed by atoms with Crippen molar-refractivity contribution in [3.8, 4) is 22.3 Å². The van der Waals surface area contributed by atoms with Crippen molar-refractivity contribution >= 4 is 35.3 Å². The predicted octanol–water partition coefficient (Wildman–Crippen LogP) is 15.0. The molecule has 22 heteroatoms. The van der Waals surface area contributed by atoms with Crippen LogP contribution in [0.3, 0.4) is 0 Å². The van der Waals surface area contributed by atoms with Crippen LogP contribution in [-0.2, 0) is 84.9 Å². The lowest BCUT2D eigenvalue weighted by atomic mass is 9.98. The predicted molar refractivity (Wildman–Crippen MR) is 362 cm³/mol. The SMILES string of the molecule is [2H]c1c([2H])c(C([2H])([2H])Sc2nc(=O)c3c(n2C([2H])([2H])C(=O)N(C([2H])([2H])c2c([2H])c([2H])c(-c4c([2H])c([2H])c(C(F)(F)F)c(C)c4[2H])c([2H])c2[2H])C([2H])([2H])C([2H])([2H])N(CC)C([2H])([2H])C)CCC3)c([2H])c([2H])c1F.[2H]c1c([2H])c(C([2H])([2H])Sc2nc(=O)c3c(n2C([2H])([2H])C(=O)N(C([2H])([2H])c2ccc(-c4ccc(C(F)(F)F)cc4)cc2)C([2H])([2H])C([2H])([2H])N(CC)CC)C([2H])([2H])C([2H])(C)C3([2H])[2H])c([2H])c([2H])c1F. The molecule has 10 rings (SSSR count). The zero-order valence-corrected chi connectivity index (χ0v) is 52.5. The van der Waals surface area contributed by atoms with Crippen molar-refractivity contribution in [1.29, 1.82) is 0 Å². The van der Waals surface area contributed by atoms with Crippen molar-refractivity contribution in [1.82, 2.24) is 38.7 Å². The first-order chi connectivity index (χ1) is 62.3. The van der Waals surface area contributed by atoms with Gasteiger partial charge in [0, 0.05) is 93.5 Å². The number of nitrogens with zero attached hydrogens (tertiary/aromatic N) is 8. The molecule has 2 aromatic heterocycles. The summed E-state index contributed by atoms with van der Waals surface area (Å²) in [5, 5.41) is -2.64. The molecular weight excluding hydrogens is 1280 g/mol. The number of alkyl halides is 6. The zero-order valence-electron chi connectivity index (χ0n) is 92.9. The Morgan fingerprint density at radius 2 is 1.06 bits per heavy atom. The first kappa shape index (κ1) is 35.0. The number of aromatic nitrogens is 4. The van der Waals surface area contributed by atoms with Gasteiger partial charge in [-0.1, -0.05) is 155 Å². The van der Waals surface area contributed by atoms with Crippen molar-refractivity contribution in [3.63, 3.8) is 0 Å². The summed E-state index contributed by atoms with van der Waals surface area (Å²) in [6, 6.07) is -13.2. The second-order valence-corrected chi connectivity index (χ2v) is 21.2. The third kappa shape index (κ3) is 19.0. The van der Waals surface area contributed by atoms with Gasteiger partial charge in [0.2, 0.25) is 11.8 Å². The lowest BCUT2D eigenvalue weighted by Crippen LogP contribution is -2.40. The van der Waals surface area contributed by atoms with Crippen LogP contribution in [0.4, 0.5) is 35.1 Å². The second kappa shape index (κ2) is 32.9. The van der Waals surface area contributed by atoms with Crippen LogP contribution in [0.5, 0.6) is 0 Å². The molecule has 0 radical (unpaired) electrons. The number of hydrogen-bond donors (Lipinski definition) is 0. The molecule has 0 aliphatic heterocycles. The monoisotopic (exact) mass is 1400 g/mol. The Morgan fingerprint density at radius 3 is 1.57 bits per heavy atom. The van der Waals surface area contributed by atoms with E-state index in [0.717, 1.165) is 74.2 Å².